The van der Waals surface area contributed by atoms with E-state index in [2.05, 4.69) is 0 Å². The molecule has 74 valence electrons. The Kier molecular flexibility index (Phi) is 3.25. The fourth-order valence-electron chi connectivity index (χ4n) is 1.48. The zero-order valence-electron chi connectivity index (χ0n) is 7.90. The molecule has 1 aliphatic heterocycles. The first-order valence-electron chi connectivity index (χ1n) is 4.23. The number of nitrogens with zero attached hydrogens (tertiary/aromatic N) is 2. The summed E-state index contributed by atoms with van der Waals surface area (Å²) in [6.45, 7) is 0.664. The lowest BCUT2D eigenvalue weighted by atomic mass is 10.2. The van der Waals surface area contributed by atoms with Gasteiger partial charge in [-0.15, -0.1) is 0 Å². The zero-order valence-corrected chi connectivity index (χ0v) is 7.90. The first kappa shape index (κ1) is 9.98. The standard InChI is InChI=1S/C8H14N2O3/c1-9(13-2)8(12)7-4-3-5-10(7)6-11/h6-7H,3-5H2,1-2H3. The van der Waals surface area contributed by atoms with Crippen LogP contribution in [0.2, 0.25) is 0 Å². The molecule has 0 bridgehead atoms. The Morgan fingerprint density at radius 2 is 2.38 bits per heavy atom. The van der Waals surface area contributed by atoms with E-state index in [-0.39, 0.29) is 11.9 Å². The second kappa shape index (κ2) is 4.23. The van der Waals surface area contributed by atoms with Crippen LogP contribution in [0.4, 0.5) is 0 Å². The van der Waals surface area contributed by atoms with Gasteiger partial charge in [-0.25, -0.2) is 5.06 Å². The fourth-order valence-corrected chi connectivity index (χ4v) is 1.48. The summed E-state index contributed by atoms with van der Waals surface area (Å²) in [4.78, 5) is 28.4. The van der Waals surface area contributed by atoms with Gasteiger partial charge in [0.1, 0.15) is 6.04 Å². The maximum atomic E-state index is 11.5. The van der Waals surface area contributed by atoms with Gasteiger partial charge in [-0.3, -0.25) is 14.4 Å². The van der Waals surface area contributed by atoms with Gasteiger partial charge in [-0.1, -0.05) is 0 Å². The number of likely N-dealkylation sites (tertiary alicyclic amines) is 1. The molecule has 1 atom stereocenters. The van der Waals surface area contributed by atoms with Crippen LogP contribution in [-0.2, 0) is 14.4 Å². The molecule has 2 amide bonds. The van der Waals surface area contributed by atoms with Gasteiger partial charge in [0.15, 0.2) is 0 Å². The van der Waals surface area contributed by atoms with Gasteiger partial charge in [0.2, 0.25) is 6.41 Å². The highest BCUT2D eigenvalue weighted by Crippen LogP contribution is 2.16. The summed E-state index contributed by atoms with van der Waals surface area (Å²) in [6, 6.07) is -0.331. The van der Waals surface area contributed by atoms with Crippen molar-refractivity contribution in [1.29, 1.82) is 0 Å². The van der Waals surface area contributed by atoms with E-state index in [1.807, 2.05) is 0 Å². The number of hydrogen-bond acceptors (Lipinski definition) is 3. The van der Waals surface area contributed by atoms with Crippen LogP contribution in [0.1, 0.15) is 12.8 Å². The van der Waals surface area contributed by atoms with Crippen LogP contribution in [0.5, 0.6) is 0 Å². The van der Waals surface area contributed by atoms with Gasteiger partial charge in [-0.2, -0.15) is 0 Å². The van der Waals surface area contributed by atoms with Crippen molar-refractivity contribution in [3.05, 3.63) is 0 Å². The van der Waals surface area contributed by atoms with Crippen molar-refractivity contribution >= 4 is 12.3 Å². The van der Waals surface area contributed by atoms with Crippen molar-refractivity contribution in [3.8, 4) is 0 Å². The van der Waals surface area contributed by atoms with Gasteiger partial charge < -0.3 is 4.90 Å². The SMILES string of the molecule is CON(C)C(=O)C1CCCN1C=O. The van der Waals surface area contributed by atoms with Crippen LogP contribution in [0.15, 0.2) is 0 Å². The largest absolute Gasteiger partial charge is 0.333 e. The molecular formula is C8H14N2O3. The van der Waals surface area contributed by atoms with Gasteiger partial charge >= 0.3 is 0 Å². The third-order valence-corrected chi connectivity index (χ3v) is 2.30. The third-order valence-electron chi connectivity index (χ3n) is 2.30. The molecule has 13 heavy (non-hydrogen) atoms. The highest BCUT2D eigenvalue weighted by molar-refractivity contribution is 5.83. The van der Waals surface area contributed by atoms with Crippen LogP contribution in [0.3, 0.4) is 0 Å². The molecule has 1 aliphatic rings. The topological polar surface area (TPSA) is 49.9 Å². The average molecular weight is 186 g/mol. The van der Waals surface area contributed by atoms with Crippen LogP contribution < -0.4 is 0 Å². The summed E-state index contributed by atoms with van der Waals surface area (Å²) in [5.74, 6) is -0.160. The minimum absolute atomic E-state index is 0.160. The Balaban J connectivity index is 2.59. The van der Waals surface area contributed by atoms with Crippen LogP contribution in [-0.4, -0.2) is 49.0 Å². The maximum Gasteiger partial charge on any atom is 0.268 e. The maximum absolute atomic E-state index is 11.5. The molecule has 1 unspecified atom stereocenters. The second-order valence-corrected chi connectivity index (χ2v) is 3.02. The van der Waals surface area contributed by atoms with E-state index < -0.39 is 0 Å². The van der Waals surface area contributed by atoms with Crippen molar-refractivity contribution in [1.82, 2.24) is 9.96 Å². The summed E-state index contributed by atoms with van der Waals surface area (Å²) in [7, 11) is 2.97. The van der Waals surface area contributed by atoms with Gasteiger partial charge in [0.05, 0.1) is 7.11 Å². The zero-order chi connectivity index (χ0) is 9.84. The van der Waals surface area contributed by atoms with E-state index in [1.165, 1.54) is 12.0 Å². The lowest BCUT2D eigenvalue weighted by molar-refractivity contribution is -0.174. The lowest BCUT2D eigenvalue weighted by Crippen LogP contribution is -2.43. The van der Waals surface area contributed by atoms with Crippen molar-refractivity contribution in [2.75, 3.05) is 20.7 Å². The molecular weight excluding hydrogens is 172 g/mol. The lowest BCUT2D eigenvalue weighted by Gasteiger charge is -2.23. The number of likely N-dealkylation sites (N-methyl/N-ethyl adjacent to an activating group) is 1. The van der Waals surface area contributed by atoms with Crippen LogP contribution >= 0.6 is 0 Å². The molecule has 1 heterocycles. The summed E-state index contributed by atoms with van der Waals surface area (Å²) in [5, 5.41) is 1.16. The average Bonchev–Trinajstić information content (AvgIpc) is 2.62. The fraction of sp³-hybridized carbons (Fsp3) is 0.750. The highest BCUT2D eigenvalue weighted by Gasteiger charge is 2.31. The molecule has 1 fully saturated rings. The van der Waals surface area contributed by atoms with Gasteiger partial charge in [0.25, 0.3) is 5.91 Å². The first-order chi connectivity index (χ1) is 6.20. The van der Waals surface area contributed by atoms with E-state index in [4.69, 9.17) is 4.84 Å². The Morgan fingerprint density at radius 3 is 2.92 bits per heavy atom. The molecule has 0 N–H and O–H groups in total. The monoisotopic (exact) mass is 186 g/mol. The summed E-state index contributed by atoms with van der Waals surface area (Å²) in [5.41, 5.74) is 0. The molecule has 1 saturated heterocycles. The first-order valence-corrected chi connectivity index (χ1v) is 4.23. The summed E-state index contributed by atoms with van der Waals surface area (Å²) in [6.07, 6.45) is 2.33. The third kappa shape index (κ3) is 1.98. The number of hydrogen-bond donors (Lipinski definition) is 0. The van der Waals surface area contributed by atoms with Gasteiger partial charge in [0, 0.05) is 13.6 Å². The highest BCUT2D eigenvalue weighted by atomic mass is 16.7. The number of rotatable bonds is 3. The molecule has 0 aromatic heterocycles. The van der Waals surface area contributed by atoms with E-state index in [0.717, 1.165) is 24.3 Å². The molecule has 5 heteroatoms. The number of hydroxylamine groups is 2. The molecule has 0 radical (unpaired) electrons. The number of carbonyl (C=O) groups excluding carboxylic acids is 2. The van der Waals surface area contributed by atoms with Crippen molar-refractivity contribution in [2.45, 2.75) is 18.9 Å². The molecule has 0 aromatic carbocycles. The van der Waals surface area contributed by atoms with Crippen molar-refractivity contribution in [3.63, 3.8) is 0 Å². The summed E-state index contributed by atoms with van der Waals surface area (Å²) >= 11 is 0. The summed E-state index contributed by atoms with van der Waals surface area (Å²) < 4.78 is 0. The molecule has 0 aliphatic carbocycles. The molecule has 5 nitrogen and oxygen atoms in total. The molecule has 0 spiro atoms. The van der Waals surface area contributed by atoms with Crippen LogP contribution in [0, 0.1) is 0 Å². The van der Waals surface area contributed by atoms with Crippen molar-refractivity contribution < 1.29 is 14.4 Å². The van der Waals surface area contributed by atoms with Crippen molar-refractivity contribution in [2.24, 2.45) is 0 Å². The van der Waals surface area contributed by atoms with E-state index in [9.17, 15) is 9.59 Å². The van der Waals surface area contributed by atoms with E-state index in [1.54, 1.807) is 7.05 Å². The molecule has 1 rings (SSSR count). The number of carbonyl (C=O) groups is 2. The quantitative estimate of drug-likeness (QED) is 0.446. The van der Waals surface area contributed by atoms with Gasteiger partial charge in [-0.05, 0) is 12.8 Å². The second-order valence-electron chi connectivity index (χ2n) is 3.02. The predicted molar refractivity (Wildman–Crippen MR) is 45.6 cm³/mol. The Bertz CT molecular complexity index is 208. The predicted octanol–water partition coefficient (Wildman–Crippen LogP) is -0.373. The minimum atomic E-state index is -0.331. The Morgan fingerprint density at radius 1 is 1.69 bits per heavy atom. The molecule has 0 saturated carbocycles. The van der Waals surface area contributed by atoms with E-state index in [0.29, 0.717) is 6.54 Å². The Hall–Kier alpha value is -1.10. The normalized spacial score (nSPS) is 21.7. The number of amides is 2. The van der Waals surface area contributed by atoms with Crippen LogP contribution in [0.25, 0.3) is 0 Å². The van der Waals surface area contributed by atoms with E-state index >= 15 is 0 Å². The minimum Gasteiger partial charge on any atom is -0.333 e. The molecule has 0 aromatic rings. The smallest absolute Gasteiger partial charge is 0.268 e. The Labute approximate surface area is 77.2 Å².